The molecule has 2 amide bonds. The van der Waals surface area contributed by atoms with E-state index in [1.807, 2.05) is 0 Å². The highest BCUT2D eigenvalue weighted by Crippen LogP contribution is 2.33. The largest absolute Gasteiger partial charge is 0.454 e. The lowest BCUT2D eigenvalue weighted by molar-refractivity contribution is -0.117. The molecule has 27 heavy (non-hydrogen) atoms. The summed E-state index contributed by atoms with van der Waals surface area (Å²) in [5, 5.41) is 5.33. The Labute approximate surface area is 165 Å². The zero-order valence-corrected chi connectivity index (χ0v) is 15.9. The fourth-order valence-electron chi connectivity index (χ4n) is 2.38. The van der Waals surface area contributed by atoms with Gasteiger partial charge in [-0.3, -0.25) is 9.59 Å². The maximum Gasteiger partial charge on any atom is 0.268 e. The molecule has 1 heterocycles. The van der Waals surface area contributed by atoms with Gasteiger partial charge in [0.2, 0.25) is 6.79 Å². The number of rotatable bonds is 6. The molecule has 7 heteroatoms. The van der Waals surface area contributed by atoms with E-state index in [1.54, 1.807) is 54.6 Å². The lowest BCUT2D eigenvalue weighted by atomic mass is 10.1. The lowest BCUT2D eigenvalue weighted by Crippen LogP contribution is -2.34. The summed E-state index contributed by atoms with van der Waals surface area (Å²) >= 11 is 3.33. The predicted molar refractivity (Wildman–Crippen MR) is 105 cm³/mol. The third-order valence-corrected chi connectivity index (χ3v) is 4.24. The molecule has 138 valence electrons. The Morgan fingerprint density at radius 2 is 1.85 bits per heavy atom. The molecule has 0 radical (unpaired) electrons. The minimum Gasteiger partial charge on any atom is -0.454 e. The number of carbonyl (C=O) groups is 2. The smallest absolute Gasteiger partial charge is 0.268 e. The van der Waals surface area contributed by atoms with Gasteiger partial charge in [-0.25, -0.2) is 0 Å². The molecule has 3 rings (SSSR count). The molecule has 0 saturated carbocycles. The van der Waals surface area contributed by atoms with Gasteiger partial charge in [-0.1, -0.05) is 28.1 Å². The highest BCUT2D eigenvalue weighted by atomic mass is 79.9. The van der Waals surface area contributed by atoms with Gasteiger partial charge in [0, 0.05) is 16.6 Å². The van der Waals surface area contributed by atoms with Gasteiger partial charge in [-0.2, -0.15) is 0 Å². The van der Waals surface area contributed by atoms with Crippen LogP contribution in [-0.2, 0) is 4.79 Å². The van der Waals surface area contributed by atoms with Crippen LogP contribution in [0.25, 0.3) is 6.08 Å². The van der Waals surface area contributed by atoms with Gasteiger partial charge in [-0.05, 0) is 48.0 Å². The molecular formula is C20H17BrN2O4. The number of benzene rings is 2. The molecule has 0 aromatic heterocycles. The fourth-order valence-corrected chi connectivity index (χ4v) is 2.65. The number of hydrogen-bond donors (Lipinski definition) is 2. The van der Waals surface area contributed by atoms with Crippen LogP contribution in [0.4, 0.5) is 0 Å². The quantitative estimate of drug-likeness (QED) is 0.546. The molecular weight excluding hydrogens is 412 g/mol. The second-order valence-corrected chi connectivity index (χ2v) is 6.55. The summed E-state index contributed by atoms with van der Waals surface area (Å²) in [7, 11) is 0. The first-order valence-corrected chi connectivity index (χ1v) is 8.93. The first-order chi connectivity index (χ1) is 13.1. The van der Waals surface area contributed by atoms with Gasteiger partial charge in [0.15, 0.2) is 11.5 Å². The summed E-state index contributed by atoms with van der Waals surface area (Å²) in [6.07, 6.45) is 3.14. The van der Waals surface area contributed by atoms with E-state index in [1.165, 1.54) is 0 Å². The number of fused-ring (bicyclic) bond motifs is 1. The molecule has 0 bridgehead atoms. The normalized spacial score (nSPS) is 12.4. The van der Waals surface area contributed by atoms with Crippen molar-refractivity contribution < 1.29 is 19.1 Å². The van der Waals surface area contributed by atoms with E-state index in [9.17, 15) is 9.59 Å². The molecule has 0 spiro atoms. The van der Waals surface area contributed by atoms with Crippen molar-refractivity contribution in [2.75, 3.05) is 13.3 Å². The first kappa shape index (κ1) is 18.7. The Kier molecular flexibility index (Phi) is 5.93. The van der Waals surface area contributed by atoms with E-state index in [0.29, 0.717) is 22.6 Å². The molecule has 6 nitrogen and oxygen atoms in total. The van der Waals surface area contributed by atoms with Crippen LogP contribution in [0.3, 0.4) is 0 Å². The van der Waals surface area contributed by atoms with Crippen molar-refractivity contribution in [1.82, 2.24) is 10.6 Å². The molecule has 0 aliphatic carbocycles. The molecule has 2 N–H and O–H groups in total. The Bertz CT molecular complexity index is 907. The van der Waals surface area contributed by atoms with Gasteiger partial charge < -0.3 is 20.1 Å². The summed E-state index contributed by atoms with van der Waals surface area (Å²) in [4.78, 5) is 25.0. The monoisotopic (exact) mass is 428 g/mol. The number of carbonyl (C=O) groups excluding carboxylic acids is 2. The molecule has 2 aromatic carbocycles. The third kappa shape index (κ3) is 4.77. The molecule has 0 saturated heterocycles. The van der Waals surface area contributed by atoms with Gasteiger partial charge in [0.25, 0.3) is 11.8 Å². The van der Waals surface area contributed by atoms with Crippen molar-refractivity contribution in [1.29, 1.82) is 0 Å². The maximum absolute atomic E-state index is 12.5. The Morgan fingerprint density at radius 1 is 1.11 bits per heavy atom. The summed E-state index contributed by atoms with van der Waals surface area (Å²) in [6, 6.07) is 12.1. The third-order valence-electron chi connectivity index (χ3n) is 3.71. The van der Waals surface area contributed by atoms with Crippen molar-refractivity contribution in [2.24, 2.45) is 0 Å². The van der Waals surface area contributed by atoms with Crippen LogP contribution in [0.1, 0.15) is 15.9 Å². The second kappa shape index (κ2) is 8.55. The average Bonchev–Trinajstić information content (AvgIpc) is 3.13. The highest BCUT2D eigenvalue weighted by Gasteiger charge is 2.16. The number of halogens is 1. The second-order valence-electron chi connectivity index (χ2n) is 5.63. The number of ether oxygens (including phenoxy) is 2. The maximum atomic E-state index is 12.5. The number of amides is 2. The van der Waals surface area contributed by atoms with Gasteiger partial charge in [0.1, 0.15) is 5.70 Å². The van der Waals surface area contributed by atoms with Crippen LogP contribution < -0.4 is 20.1 Å². The van der Waals surface area contributed by atoms with E-state index in [4.69, 9.17) is 9.47 Å². The first-order valence-electron chi connectivity index (χ1n) is 8.14. The van der Waals surface area contributed by atoms with Crippen molar-refractivity contribution in [2.45, 2.75) is 0 Å². The number of nitrogens with one attached hydrogen (secondary N) is 2. The van der Waals surface area contributed by atoms with Crippen LogP contribution >= 0.6 is 15.9 Å². The van der Waals surface area contributed by atoms with E-state index in [0.717, 1.165) is 4.47 Å². The standard InChI is InChI=1S/C20H17BrN2O4/c1-2-9-22-20(25)16(23-19(24)14-4-6-15(21)7-5-14)10-13-3-8-17-18(11-13)27-12-26-17/h2-8,10-11H,1,9,12H2,(H,22,25)(H,23,24)/b16-10-. The topological polar surface area (TPSA) is 76.7 Å². The average molecular weight is 429 g/mol. The van der Waals surface area contributed by atoms with Crippen molar-refractivity contribution in [3.05, 3.63) is 76.4 Å². The molecule has 0 fully saturated rings. The fraction of sp³-hybridized carbons (Fsp3) is 0.100. The SMILES string of the molecule is C=CCNC(=O)/C(=C/c1ccc2c(c1)OCO2)NC(=O)c1ccc(Br)cc1. The predicted octanol–water partition coefficient (Wildman–Crippen LogP) is 3.25. The zero-order chi connectivity index (χ0) is 19.2. The van der Waals surface area contributed by atoms with Crippen molar-refractivity contribution in [3.63, 3.8) is 0 Å². The summed E-state index contributed by atoms with van der Waals surface area (Å²) in [5.74, 6) is 0.429. The molecule has 0 atom stereocenters. The zero-order valence-electron chi connectivity index (χ0n) is 14.3. The van der Waals surface area contributed by atoms with Crippen LogP contribution in [0, 0.1) is 0 Å². The van der Waals surface area contributed by atoms with E-state index >= 15 is 0 Å². The van der Waals surface area contributed by atoms with Crippen LogP contribution in [-0.4, -0.2) is 25.2 Å². The van der Waals surface area contributed by atoms with Gasteiger partial charge >= 0.3 is 0 Å². The molecule has 0 unspecified atom stereocenters. The van der Waals surface area contributed by atoms with E-state index < -0.39 is 5.91 Å². The summed E-state index contributed by atoms with van der Waals surface area (Å²) in [5.41, 5.74) is 1.24. The van der Waals surface area contributed by atoms with E-state index in [2.05, 4.69) is 33.1 Å². The molecule has 2 aromatic rings. The molecule has 1 aliphatic heterocycles. The molecule has 1 aliphatic rings. The Morgan fingerprint density at radius 3 is 2.59 bits per heavy atom. The minimum atomic E-state index is -0.418. The van der Waals surface area contributed by atoms with Crippen LogP contribution in [0.15, 0.2) is 65.3 Å². The Balaban J connectivity index is 1.86. The summed E-state index contributed by atoms with van der Waals surface area (Å²) in [6.45, 7) is 4.02. The Hall–Kier alpha value is -3.06. The van der Waals surface area contributed by atoms with Crippen molar-refractivity contribution >= 4 is 33.8 Å². The van der Waals surface area contributed by atoms with Crippen LogP contribution in [0.5, 0.6) is 11.5 Å². The van der Waals surface area contributed by atoms with Crippen LogP contribution in [0.2, 0.25) is 0 Å². The van der Waals surface area contributed by atoms with Gasteiger partial charge in [0.05, 0.1) is 0 Å². The number of hydrogen-bond acceptors (Lipinski definition) is 4. The lowest BCUT2D eigenvalue weighted by Gasteiger charge is -2.10. The van der Waals surface area contributed by atoms with Gasteiger partial charge in [-0.15, -0.1) is 6.58 Å². The summed E-state index contributed by atoms with van der Waals surface area (Å²) < 4.78 is 11.5. The van der Waals surface area contributed by atoms with Crippen molar-refractivity contribution in [3.8, 4) is 11.5 Å². The van der Waals surface area contributed by atoms with E-state index in [-0.39, 0.29) is 24.9 Å². The highest BCUT2D eigenvalue weighted by molar-refractivity contribution is 9.10. The minimum absolute atomic E-state index is 0.114.